The van der Waals surface area contributed by atoms with E-state index >= 15 is 0 Å². The van der Waals surface area contributed by atoms with Crippen LogP contribution < -0.4 is 9.64 Å². The Bertz CT molecular complexity index is 593. The van der Waals surface area contributed by atoms with E-state index in [-0.39, 0.29) is 6.10 Å². The molecular weight excluding hydrogens is 240 g/mol. The van der Waals surface area contributed by atoms with Crippen LogP contribution in [0.3, 0.4) is 0 Å². The van der Waals surface area contributed by atoms with Crippen molar-refractivity contribution in [3.63, 3.8) is 0 Å². The van der Waals surface area contributed by atoms with Gasteiger partial charge in [-0.2, -0.15) is 0 Å². The number of fused-ring (bicyclic) bond motifs is 1. The summed E-state index contributed by atoms with van der Waals surface area (Å²) < 4.78 is 7.73. The molecule has 100 valence electrons. The summed E-state index contributed by atoms with van der Waals surface area (Å²) in [5.74, 6) is 0.967. The Hall–Kier alpha value is -2.04. The number of hydrogen-bond donors (Lipinski definition) is 0. The molecular formula is C14H18N4O. The molecule has 0 bridgehead atoms. The Morgan fingerprint density at radius 2 is 2.26 bits per heavy atom. The molecule has 5 nitrogen and oxygen atoms in total. The minimum Gasteiger partial charge on any atom is -0.487 e. The number of aryl methyl sites for hydroxylation is 2. The standard InChI is InChI=1S/C14H18N4O/c1-10-4-5-13-14(6-10)19-11(2)8-18(13)9-12-7-15-16-17(12)3/h4-7,11H,8-9H2,1-3H3/t11-/m0/s1. The third-order valence-electron chi connectivity index (χ3n) is 3.42. The molecule has 1 aromatic heterocycles. The number of ether oxygens (including phenoxy) is 1. The molecule has 1 aromatic carbocycles. The smallest absolute Gasteiger partial charge is 0.143 e. The summed E-state index contributed by atoms with van der Waals surface area (Å²) in [4.78, 5) is 2.32. The van der Waals surface area contributed by atoms with Gasteiger partial charge in [0.25, 0.3) is 0 Å². The van der Waals surface area contributed by atoms with Crippen molar-refractivity contribution in [1.82, 2.24) is 15.0 Å². The Morgan fingerprint density at radius 1 is 1.42 bits per heavy atom. The second-order valence-electron chi connectivity index (χ2n) is 5.13. The highest BCUT2D eigenvalue weighted by Gasteiger charge is 2.23. The van der Waals surface area contributed by atoms with E-state index in [0.29, 0.717) is 0 Å². The van der Waals surface area contributed by atoms with Crippen LogP contribution in [0.4, 0.5) is 5.69 Å². The van der Waals surface area contributed by atoms with Crippen molar-refractivity contribution in [2.75, 3.05) is 11.4 Å². The maximum atomic E-state index is 5.91. The molecule has 2 heterocycles. The van der Waals surface area contributed by atoms with Crippen molar-refractivity contribution in [2.24, 2.45) is 7.05 Å². The lowest BCUT2D eigenvalue weighted by atomic mass is 10.1. The molecule has 2 aromatic rings. The van der Waals surface area contributed by atoms with Gasteiger partial charge < -0.3 is 9.64 Å². The van der Waals surface area contributed by atoms with Crippen LogP contribution in [0.1, 0.15) is 18.2 Å². The molecule has 0 saturated carbocycles. The average Bonchev–Trinajstić information content (AvgIpc) is 2.74. The molecule has 0 spiro atoms. The molecule has 3 rings (SSSR count). The second-order valence-corrected chi connectivity index (χ2v) is 5.13. The molecule has 1 atom stereocenters. The highest BCUT2D eigenvalue weighted by atomic mass is 16.5. The van der Waals surface area contributed by atoms with Gasteiger partial charge in [-0.05, 0) is 31.5 Å². The Morgan fingerprint density at radius 3 is 3.00 bits per heavy atom. The molecule has 0 saturated heterocycles. The zero-order chi connectivity index (χ0) is 13.4. The molecule has 1 aliphatic heterocycles. The maximum absolute atomic E-state index is 5.91. The van der Waals surface area contributed by atoms with Crippen molar-refractivity contribution in [3.05, 3.63) is 35.7 Å². The number of benzene rings is 1. The predicted octanol–water partition coefficient (Wildman–Crippen LogP) is 1.91. The van der Waals surface area contributed by atoms with Crippen LogP contribution in [0.15, 0.2) is 24.4 Å². The summed E-state index contributed by atoms with van der Waals surface area (Å²) in [7, 11) is 1.92. The van der Waals surface area contributed by atoms with E-state index in [0.717, 1.165) is 30.2 Å². The lowest BCUT2D eigenvalue weighted by Gasteiger charge is -2.35. The van der Waals surface area contributed by atoms with Crippen molar-refractivity contribution < 1.29 is 4.74 Å². The van der Waals surface area contributed by atoms with Crippen LogP contribution in [-0.2, 0) is 13.6 Å². The van der Waals surface area contributed by atoms with Gasteiger partial charge in [-0.25, -0.2) is 0 Å². The van der Waals surface area contributed by atoms with E-state index in [9.17, 15) is 0 Å². The number of anilines is 1. The summed E-state index contributed by atoms with van der Waals surface area (Å²) in [6.07, 6.45) is 2.00. The summed E-state index contributed by atoms with van der Waals surface area (Å²) in [6.45, 7) is 5.85. The maximum Gasteiger partial charge on any atom is 0.143 e. The van der Waals surface area contributed by atoms with Gasteiger partial charge in [0.15, 0.2) is 0 Å². The van der Waals surface area contributed by atoms with E-state index in [1.54, 1.807) is 0 Å². The van der Waals surface area contributed by atoms with Crippen LogP contribution in [0, 0.1) is 6.92 Å². The van der Waals surface area contributed by atoms with Gasteiger partial charge in [0.05, 0.1) is 30.7 Å². The van der Waals surface area contributed by atoms with E-state index in [1.165, 1.54) is 5.56 Å². The Balaban J connectivity index is 1.93. The first-order chi connectivity index (χ1) is 9.13. The first-order valence-electron chi connectivity index (χ1n) is 6.49. The van der Waals surface area contributed by atoms with Crippen molar-refractivity contribution in [2.45, 2.75) is 26.5 Å². The van der Waals surface area contributed by atoms with Crippen molar-refractivity contribution in [1.29, 1.82) is 0 Å². The van der Waals surface area contributed by atoms with Crippen LogP contribution in [0.2, 0.25) is 0 Å². The van der Waals surface area contributed by atoms with Crippen molar-refractivity contribution >= 4 is 5.69 Å². The Labute approximate surface area is 112 Å². The van der Waals surface area contributed by atoms with Gasteiger partial charge in [-0.3, -0.25) is 4.68 Å². The first-order valence-corrected chi connectivity index (χ1v) is 6.49. The summed E-state index contributed by atoms with van der Waals surface area (Å²) >= 11 is 0. The van der Waals surface area contributed by atoms with Crippen LogP contribution >= 0.6 is 0 Å². The molecule has 1 aliphatic rings. The Kier molecular flexibility index (Phi) is 2.89. The lowest BCUT2D eigenvalue weighted by Crippen LogP contribution is -2.38. The number of aromatic nitrogens is 3. The summed E-state index contributed by atoms with van der Waals surface area (Å²) in [5.41, 5.74) is 3.46. The summed E-state index contributed by atoms with van der Waals surface area (Å²) in [5, 5.41) is 7.91. The number of nitrogens with zero attached hydrogens (tertiary/aromatic N) is 4. The van der Waals surface area contributed by atoms with Gasteiger partial charge in [0, 0.05) is 7.05 Å². The number of hydrogen-bond acceptors (Lipinski definition) is 4. The van der Waals surface area contributed by atoms with E-state index in [2.05, 4.69) is 47.3 Å². The highest BCUT2D eigenvalue weighted by molar-refractivity contribution is 5.61. The fraction of sp³-hybridized carbons (Fsp3) is 0.429. The van der Waals surface area contributed by atoms with E-state index in [1.807, 2.05) is 17.9 Å². The second kappa shape index (κ2) is 4.57. The first kappa shape index (κ1) is 12.0. The van der Waals surface area contributed by atoms with Gasteiger partial charge in [0.1, 0.15) is 11.9 Å². The largest absolute Gasteiger partial charge is 0.487 e. The zero-order valence-electron chi connectivity index (χ0n) is 11.5. The molecule has 0 N–H and O–H groups in total. The molecule has 0 fully saturated rings. The summed E-state index contributed by atoms with van der Waals surface area (Å²) in [6, 6.07) is 6.34. The SMILES string of the molecule is Cc1ccc2c(c1)O[C@@H](C)CN2Cc1cnnn1C. The average molecular weight is 258 g/mol. The predicted molar refractivity (Wildman–Crippen MR) is 73.3 cm³/mol. The number of rotatable bonds is 2. The lowest BCUT2D eigenvalue weighted by molar-refractivity contribution is 0.211. The molecule has 5 heteroatoms. The molecule has 0 unspecified atom stereocenters. The van der Waals surface area contributed by atoms with Crippen LogP contribution in [-0.4, -0.2) is 27.6 Å². The molecule has 0 aliphatic carbocycles. The molecule has 0 radical (unpaired) electrons. The quantitative estimate of drug-likeness (QED) is 0.825. The van der Waals surface area contributed by atoms with Crippen LogP contribution in [0.5, 0.6) is 5.75 Å². The molecule has 0 amide bonds. The normalized spacial score (nSPS) is 18.1. The van der Waals surface area contributed by atoms with Gasteiger partial charge in [0.2, 0.25) is 0 Å². The fourth-order valence-electron chi connectivity index (χ4n) is 2.44. The van der Waals surface area contributed by atoms with Crippen LogP contribution in [0.25, 0.3) is 0 Å². The minimum absolute atomic E-state index is 0.190. The monoisotopic (exact) mass is 258 g/mol. The van der Waals surface area contributed by atoms with Gasteiger partial charge in [-0.1, -0.05) is 11.3 Å². The van der Waals surface area contributed by atoms with Crippen molar-refractivity contribution in [3.8, 4) is 5.75 Å². The minimum atomic E-state index is 0.190. The van der Waals surface area contributed by atoms with Gasteiger partial charge >= 0.3 is 0 Å². The third kappa shape index (κ3) is 2.28. The highest BCUT2D eigenvalue weighted by Crippen LogP contribution is 2.34. The van der Waals surface area contributed by atoms with E-state index in [4.69, 9.17) is 4.74 Å². The topological polar surface area (TPSA) is 43.2 Å². The molecule has 19 heavy (non-hydrogen) atoms. The van der Waals surface area contributed by atoms with E-state index < -0.39 is 0 Å². The van der Waals surface area contributed by atoms with Gasteiger partial charge in [-0.15, -0.1) is 5.10 Å². The fourth-order valence-corrected chi connectivity index (χ4v) is 2.44. The zero-order valence-corrected chi connectivity index (χ0v) is 11.5. The third-order valence-corrected chi connectivity index (χ3v) is 3.42.